The Labute approximate surface area is 145 Å². The van der Waals surface area contributed by atoms with Gasteiger partial charge in [0.15, 0.2) is 0 Å². The van der Waals surface area contributed by atoms with E-state index in [0.717, 1.165) is 13.6 Å². The second kappa shape index (κ2) is 7.13. The predicted octanol–water partition coefficient (Wildman–Crippen LogP) is 3.57. The number of rotatable bonds is 4. The summed E-state index contributed by atoms with van der Waals surface area (Å²) < 4.78 is 7.03. The van der Waals surface area contributed by atoms with Gasteiger partial charge in [-0.3, -0.25) is 4.79 Å². The number of anilines is 1. The Balaban J connectivity index is 2.14. The van der Waals surface area contributed by atoms with Crippen molar-refractivity contribution in [3.63, 3.8) is 0 Å². The van der Waals surface area contributed by atoms with Crippen LogP contribution in [-0.4, -0.2) is 13.0 Å². The van der Waals surface area contributed by atoms with Crippen LogP contribution in [0.4, 0.5) is 5.69 Å². The Morgan fingerprint density at radius 2 is 2.10 bits per heavy atom. The first-order valence-corrected chi connectivity index (χ1v) is 8.04. The number of halogens is 2. The van der Waals surface area contributed by atoms with E-state index in [2.05, 4.69) is 43.8 Å². The molecule has 4 nitrogen and oxygen atoms in total. The zero-order chi connectivity index (χ0) is 15.4. The summed E-state index contributed by atoms with van der Waals surface area (Å²) in [5.74, 6) is 0.552. The number of hydrogen-bond acceptors (Lipinski definition) is 3. The third-order valence-electron chi connectivity index (χ3n) is 2.92. The van der Waals surface area contributed by atoms with Gasteiger partial charge in [-0.15, -0.1) is 0 Å². The fourth-order valence-electron chi connectivity index (χ4n) is 1.88. The topological polar surface area (TPSA) is 64.3 Å². The second-order valence-corrected chi connectivity index (χ2v) is 6.48. The van der Waals surface area contributed by atoms with E-state index in [4.69, 9.17) is 10.5 Å². The molecule has 110 valence electrons. The maximum Gasteiger partial charge on any atom is 0.252 e. The molecule has 21 heavy (non-hydrogen) atoms. The molecule has 1 amide bonds. The van der Waals surface area contributed by atoms with Crippen molar-refractivity contribution in [2.24, 2.45) is 0 Å². The molecule has 2 aromatic rings. The number of methoxy groups -OCH3 is 1. The zero-order valence-corrected chi connectivity index (χ0v) is 15.1. The highest BCUT2D eigenvalue weighted by atomic mass is 127. The molecule has 0 heterocycles. The molecular formula is C15H14BrIN2O2. The van der Waals surface area contributed by atoms with Gasteiger partial charge in [0.2, 0.25) is 0 Å². The Kier molecular flexibility index (Phi) is 5.46. The highest BCUT2D eigenvalue weighted by molar-refractivity contribution is 14.1. The van der Waals surface area contributed by atoms with E-state index >= 15 is 0 Å². The number of nitrogens with two attached hydrogens (primary N) is 1. The van der Waals surface area contributed by atoms with Crippen LogP contribution in [-0.2, 0) is 6.54 Å². The number of ether oxygens (including phenoxy) is 1. The molecule has 6 heteroatoms. The van der Waals surface area contributed by atoms with Gasteiger partial charge in [0.1, 0.15) is 5.75 Å². The lowest BCUT2D eigenvalue weighted by molar-refractivity contribution is 0.0950. The maximum absolute atomic E-state index is 12.3. The van der Waals surface area contributed by atoms with Crippen molar-refractivity contribution >= 4 is 50.1 Å². The Morgan fingerprint density at radius 3 is 2.81 bits per heavy atom. The normalized spacial score (nSPS) is 10.2. The maximum atomic E-state index is 12.3. The summed E-state index contributed by atoms with van der Waals surface area (Å²) in [7, 11) is 1.59. The van der Waals surface area contributed by atoms with Gasteiger partial charge < -0.3 is 15.8 Å². The molecule has 2 aromatic carbocycles. The molecule has 3 N–H and O–H groups in total. The SMILES string of the molecule is COc1ccc(N)cc1CNC(=O)c1cc(I)ccc1Br. The number of nitrogens with one attached hydrogen (secondary N) is 1. The van der Waals surface area contributed by atoms with Gasteiger partial charge in [-0.1, -0.05) is 0 Å². The lowest BCUT2D eigenvalue weighted by atomic mass is 10.1. The molecule has 0 radical (unpaired) electrons. The van der Waals surface area contributed by atoms with Crippen molar-refractivity contribution in [1.82, 2.24) is 5.32 Å². The highest BCUT2D eigenvalue weighted by Gasteiger charge is 2.11. The molecule has 0 saturated heterocycles. The van der Waals surface area contributed by atoms with E-state index in [1.165, 1.54) is 0 Å². The van der Waals surface area contributed by atoms with Gasteiger partial charge in [-0.2, -0.15) is 0 Å². The van der Waals surface area contributed by atoms with Gasteiger partial charge in [0, 0.05) is 25.8 Å². The van der Waals surface area contributed by atoms with Crippen molar-refractivity contribution in [2.75, 3.05) is 12.8 Å². The zero-order valence-electron chi connectivity index (χ0n) is 11.3. The fourth-order valence-corrected chi connectivity index (χ4v) is 2.80. The lowest BCUT2D eigenvalue weighted by Crippen LogP contribution is -2.23. The van der Waals surface area contributed by atoms with E-state index in [1.807, 2.05) is 18.2 Å². The highest BCUT2D eigenvalue weighted by Crippen LogP contribution is 2.22. The van der Waals surface area contributed by atoms with Crippen LogP contribution in [0.25, 0.3) is 0 Å². The van der Waals surface area contributed by atoms with Crippen LogP contribution in [0.5, 0.6) is 5.75 Å². The first-order valence-electron chi connectivity index (χ1n) is 6.17. The number of nitrogen functional groups attached to an aromatic ring is 1. The number of benzene rings is 2. The van der Waals surface area contributed by atoms with Crippen LogP contribution in [0.1, 0.15) is 15.9 Å². The Hall–Kier alpha value is -1.28. The molecule has 0 aliphatic rings. The molecule has 0 spiro atoms. The lowest BCUT2D eigenvalue weighted by Gasteiger charge is -2.11. The van der Waals surface area contributed by atoms with Crippen LogP contribution in [0.15, 0.2) is 40.9 Å². The minimum absolute atomic E-state index is 0.148. The molecular weight excluding hydrogens is 447 g/mol. The average Bonchev–Trinajstić information content (AvgIpc) is 2.47. The summed E-state index contributed by atoms with van der Waals surface area (Å²) in [6.07, 6.45) is 0. The molecule has 0 saturated carbocycles. The fraction of sp³-hybridized carbons (Fsp3) is 0.133. The van der Waals surface area contributed by atoms with Crippen molar-refractivity contribution in [1.29, 1.82) is 0 Å². The Morgan fingerprint density at radius 1 is 1.33 bits per heavy atom. The molecule has 0 atom stereocenters. The molecule has 0 unspecified atom stereocenters. The first-order chi connectivity index (χ1) is 10.0. The van der Waals surface area contributed by atoms with Gasteiger partial charge in [0.05, 0.1) is 12.7 Å². The van der Waals surface area contributed by atoms with Gasteiger partial charge in [0.25, 0.3) is 5.91 Å². The quantitative estimate of drug-likeness (QED) is 0.541. The minimum atomic E-state index is -0.148. The van der Waals surface area contributed by atoms with Crippen LogP contribution in [0.2, 0.25) is 0 Å². The van der Waals surface area contributed by atoms with Crippen molar-refractivity contribution in [3.8, 4) is 5.75 Å². The Bertz CT molecular complexity index is 677. The summed E-state index contributed by atoms with van der Waals surface area (Å²) in [6.45, 7) is 0.352. The third-order valence-corrected chi connectivity index (χ3v) is 4.28. The standard InChI is InChI=1S/C15H14BrIN2O2/c1-21-14-5-3-11(18)6-9(14)8-19-15(20)12-7-10(17)2-4-13(12)16/h2-7H,8,18H2,1H3,(H,19,20). The van der Waals surface area contributed by atoms with E-state index in [-0.39, 0.29) is 5.91 Å². The van der Waals surface area contributed by atoms with Crippen molar-refractivity contribution in [2.45, 2.75) is 6.54 Å². The van der Waals surface area contributed by atoms with Gasteiger partial charge in [-0.05, 0) is 74.9 Å². The number of hydrogen-bond donors (Lipinski definition) is 2. The first kappa shape index (κ1) is 16.1. The molecule has 0 aliphatic heterocycles. The van der Waals surface area contributed by atoms with E-state index in [1.54, 1.807) is 25.3 Å². The van der Waals surface area contributed by atoms with E-state index < -0.39 is 0 Å². The summed E-state index contributed by atoms with van der Waals surface area (Å²) in [5.41, 5.74) is 7.84. The van der Waals surface area contributed by atoms with Crippen LogP contribution >= 0.6 is 38.5 Å². The van der Waals surface area contributed by atoms with Crippen LogP contribution < -0.4 is 15.8 Å². The van der Waals surface area contributed by atoms with Gasteiger partial charge in [-0.25, -0.2) is 0 Å². The van der Waals surface area contributed by atoms with E-state index in [9.17, 15) is 4.79 Å². The van der Waals surface area contributed by atoms with Crippen LogP contribution in [0.3, 0.4) is 0 Å². The predicted molar refractivity (Wildman–Crippen MR) is 95.4 cm³/mol. The number of carbonyl (C=O) groups excluding carboxylic acids is 1. The third kappa shape index (κ3) is 4.10. The van der Waals surface area contributed by atoms with Crippen LogP contribution in [0, 0.1) is 3.57 Å². The molecule has 0 bridgehead atoms. The average molecular weight is 461 g/mol. The number of amides is 1. The van der Waals surface area contributed by atoms with Crippen molar-refractivity contribution in [3.05, 3.63) is 55.6 Å². The summed E-state index contributed by atoms with van der Waals surface area (Å²) in [4.78, 5) is 12.3. The summed E-state index contributed by atoms with van der Waals surface area (Å²) >= 11 is 5.56. The minimum Gasteiger partial charge on any atom is -0.496 e. The van der Waals surface area contributed by atoms with Crippen molar-refractivity contribution < 1.29 is 9.53 Å². The monoisotopic (exact) mass is 460 g/mol. The summed E-state index contributed by atoms with van der Waals surface area (Å²) in [5, 5.41) is 2.88. The second-order valence-electron chi connectivity index (χ2n) is 4.38. The largest absolute Gasteiger partial charge is 0.496 e. The van der Waals surface area contributed by atoms with Gasteiger partial charge >= 0.3 is 0 Å². The molecule has 2 rings (SSSR count). The molecule has 0 aliphatic carbocycles. The molecule has 0 aromatic heterocycles. The van der Waals surface area contributed by atoms with E-state index in [0.29, 0.717) is 23.5 Å². The summed E-state index contributed by atoms with van der Waals surface area (Å²) in [6, 6.07) is 11.0. The molecule has 0 fully saturated rings. The number of carbonyl (C=O) groups is 1. The smallest absolute Gasteiger partial charge is 0.252 e.